The molecule has 10 nitrogen and oxygen atoms in total. The van der Waals surface area contributed by atoms with Crippen LogP contribution in [0, 0.1) is 5.92 Å². The maximum absolute atomic E-state index is 13.2. The van der Waals surface area contributed by atoms with Crippen molar-refractivity contribution < 1.29 is 22.8 Å². The molecule has 4 fully saturated rings. The smallest absolute Gasteiger partial charge is 0.242 e. The Labute approximate surface area is 229 Å². The van der Waals surface area contributed by atoms with E-state index in [1.807, 2.05) is 4.90 Å². The zero-order valence-corrected chi connectivity index (χ0v) is 23.1. The van der Waals surface area contributed by atoms with Crippen LogP contribution in [0.15, 0.2) is 23.1 Å². The summed E-state index contributed by atoms with van der Waals surface area (Å²) in [6.45, 7) is 4.13. The van der Waals surface area contributed by atoms with Gasteiger partial charge in [0.15, 0.2) is 0 Å². The van der Waals surface area contributed by atoms with Crippen LogP contribution in [-0.4, -0.2) is 92.2 Å². The van der Waals surface area contributed by atoms with E-state index in [9.17, 15) is 22.8 Å². The highest BCUT2D eigenvalue weighted by atomic mass is 35.5. The Morgan fingerprint density at radius 1 is 0.974 bits per heavy atom. The van der Waals surface area contributed by atoms with Crippen molar-refractivity contribution in [2.45, 2.75) is 68.3 Å². The van der Waals surface area contributed by atoms with E-state index in [0.717, 1.165) is 45.3 Å². The third kappa shape index (κ3) is 6.32. The number of hydrogen-bond acceptors (Lipinski definition) is 6. The number of benzene rings is 1. The molecule has 3 aliphatic heterocycles. The minimum atomic E-state index is -4.05. The summed E-state index contributed by atoms with van der Waals surface area (Å²) in [5, 5.41) is 2.83. The second-order valence-electron chi connectivity index (χ2n) is 10.9. The molecule has 1 aromatic carbocycles. The molecule has 1 saturated carbocycles. The second-order valence-corrected chi connectivity index (χ2v) is 13.0. The van der Waals surface area contributed by atoms with Crippen molar-refractivity contribution in [3.63, 3.8) is 0 Å². The molecule has 3 heterocycles. The van der Waals surface area contributed by atoms with Crippen LogP contribution < -0.4 is 10.0 Å². The molecule has 4 aliphatic rings. The van der Waals surface area contributed by atoms with Crippen LogP contribution in [0.1, 0.15) is 51.4 Å². The number of amides is 3. The molecule has 2 N–H and O–H groups in total. The summed E-state index contributed by atoms with van der Waals surface area (Å²) >= 11 is 6.26. The average molecular weight is 566 g/mol. The van der Waals surface area contributed by atoms with Crippen LogP contribution in [0.4, 0.5) is 5.69 Å². The maximum Gasteiger partial charge on any atom is 0.242 e. The Kier molecular flexibility index (Phi) is 8.27. The first-order valence-electron chi connectivity index (χ1n) is 13.6. The van der Waals surface area contributed by atoms with Crippen molar-refractivity contribution in [2.75, 3.05) is 44.6 Å². The summed E-state index contributed by atoms with van der Waals surface area (Å²) in [5.74, 6) is -0.592. The lowest BCUT2D eigenvalue weighted by Crippen LogP contribution is -2.55. The van der Waals surface area contributed by atoms with Gasteiger partial charge < -0.3 is 20.0 Å². The zero-order chi connectivity index (χ0) is 26.9. The maximum atomic E-state index is 13.2. The number of rotatable bonds is 9. The monoisotopic (exact) mass is 565 g/mol. The number of halogens is 1. The summed E-state index contributed by atoms with van der Waals surface area (Å²) in [6, 6.07) is 3.32. The van der Waals surface area contributed by atoms with Crippen molar-refractivity contribution in [3.05, 3.63) is 23.2 Å². The molecule has 2 atom stereocenters. The van der Waals surface area contributed by atoms with Crippen molar-refractivity contribution in [3.8, 4) is 0 Å². The summed E-state index contributed by atoms with van der Waals surface area (Å²) in [4.78, 5) is 44.1. The molecule has 0 spiro atoms. The highest BCUT2D eigenvalue weighted by molar-refractivity contribution is 7.89. The van der Waals surface area contributed by atoms with E-state index in [2.05, 4.69) is 14.9 Å². The number of carbonyl (C=O) groups excluding carboxylic acids is 3. The van der Waals surface area contributed by atoms with Crippen LogP contribution >= 0.6 is 11.6 Å². The van der Waals surface area contributed by atoms with E-state index in [-0.39, 0.29) is 46.1 Å². The Hall–Kier alpha value is -2.21. The summed E-state index contributed by atoms with van der Waals surface area (Å²) in [5.41, 5.74) is 0.353. The molecule has 0 radical (unpaired) electrons. The van der Waals surface area contributed by atoms with Gasteiger partial charge >= 0.3 is 0 Å². The van der Waals surface area contributed by atoms with E-state index in [4.69, 9.17) is 11.6 Å². The van der Waals surface area contributed by atoms with Gasteiger partial charge in [-0.3, -0.25) is 14.4 Å². The predicted molar refractivity (Wildman–Crippen MR) is 143 cm³/mol. The van der Waals surface area contributed by atoms with Gasteiger partial charge in [0.25, 0.3) is 0 Å². The molecule has 3 saturated heterocycles. The van der Waals surface area contributed by atoms with Gasteiger partial charge in [0.2, 0.25) is 27.7 Å². The van der Waals surface area contributed by atoms with E-state index in [1.54, 1.807) is 0 Å². The van der Waals surface area contributed by atoms with Crippen LogP contribution in [0.25, 0.3) is 0 Å². The summed E-state index contributed by atoms with van der Waals surface area (Å²) in [6.07, 6.45) is 6.98. The van der Waals surface area contributed by atoms with Gasteiger partial charge in [-0.1, -0.05) is 11.6 Å². The average Bonchev–Trinajstić information content (AvgIpc) is 3.42. The number of likely N-dealkylation sites (tertiary alicyclic amines) is 3. The number of piperidine rings is 1. The van der Waals surface area contributed by atoms with Gasteiger partial charge in [0, 0.05) is 31.6 Å². The molecule has 5 rings (SSSR count). The van der Waals surface area contributed by atoms with Crippen molar-refractivity contribution in [2.24, 2.45) is 5.92 Å². The number of nitrogens with one attached hydrogen (secondary N) is 2. The van der Waals surface area contributed by atoms with Crippen molar-refractivity contribution in [1.82, 2.24) is 19.4 Å². The van der Waals surface area contributed by atoms with Crippen LogP contribution in [-0.2, 0) is 24.4 Å². The van der Waals surface area contributed by atoms with Gasteiger partial charge in [0.05, 0.1) is 22.2 Å². The number of carbonyl (C=O) groups is 3. The molecule has 38 heavy (non-hydrogen) atoms. The Morgan fingerprint density at radius 2 is 1.71 bits per heavy atom. The third-order valence-electron chi connectivity index (χ3n) is 7.98. The standard InChI is InChI=1S/C26H36ClN5O5S/c27-21-15-20(9-10-22(21)28-25(34)18-7-8-18)38(36,37)29-23-6-4-13-31(26(23)35)17-24(33)32-14-3-5-19(32)16-30-11-1-2-12-30/h9-10,15,18-19,23,29H,1-8,11-14,16-17H2,(H,28,34). The molecule has 0 bridgehead atoms. The minimum Gasteiger partial charge on any atom is -0.337 e. The van der Waals surface area contributed by atoms with Gasteiger partial charge in [-0.2, -0.15) is 4.72 Å². The first-order chi connectivity index (χ1) is 18.2. The Morgan fingerprint density at radius 3 is 2.42 bits per heavy atom. The van der Waals surface area contributed by atoms with Gasteiger partial charge in [-0.05, 0) is 82.7 Å². The van der Waals surface area contributed by atoms with Gasteiger partial charge in [-0.15, -0.1) is 0 Å². The summed E-state index contributed by atoms with van der Waals surface area (Å²) < 4.78 is 28.7. The highest BCUT2D eigenvalue weighted by Gasteiger charge is 2.37. The Bertz CT molecular complexity index is 1180. The first kappa shape index (κ1) is 27.4. The number of nitrogens with zero attached hydrogens (tertiary/aromatic N) is 3. The van der Waals surface area contributed by atoms with Gasteiger partial charge in [0.1, 0.15) is 6.04 Å². The van der Waals surface area contributed by atoms with Gasteiger partial charge in [-0.25, -0.2) is 8.42 Å². The summed E-state index contributed by atoms with van der Waals surface area (Å²) in [7, 11) is -4.05. The van der Waals surface area contributed by atoms with E-state index in [0.29, 0.717) is 31.6 Å². The van der Waals surface area contributed by atoms with Crippen LogP contribution in [0.2, 0.25) is 5.02 Å². The zero-order valence-electron chi connectivity index (χ0n) is 21.5. The molecule has 12 heteroatoms. The van der Waals surface area contributed by atoms with Crippen molar-refractivity contribution >= 4 is 45.0 Å². The molecule has 0 aromatic heterocycles. The van der Waals surface area contributed by atoms with E-state index >= 15 is 0 Å². The third-order valence-corrected chi connectivity index (χ3v) is 9.76. The molecule has 1 aromatic rings. The quantitative estimate of drug-likeness (QED) is 0.473. The van der Waals surface area contributed by atoms with Crippen LogP contribution in [0.3, 0.4) is 0 Å². The fourth-order valence-corrected chi connectivity index (χ4v) is 7.22. The van der Waals surface area contributed by atoms with E-state index in [1.165, 1.54) is 35.9 Å². The molecule has 208 valence electrons. The minimum absolute atomic E-state index is 0.00952. The lowest BCUT2D eigenvalue weighted by atomic mass is 10.1. The Balaban J connectivity index is 1.19. The topological polar surface area (TPSA) is 119 Å². The largest absolute Gasteiger partial charge is 0.337 e. The first-order valence-corrected chi connectivity index (χ1v) is 15.5. The van der Waals surface area contributed by atoms with E-state index < -0.39 is 16.1 Å². The second kappa shape index (κ2) is 11.5. The lowest BCUT2D eigenvalue weighted by Gasteiger charge is -2.34. The molecule has 2 unspecified atom stereocenters. The molecular weight excluding hydrogens is 530 g/mol. The normalized spacial score (nSPS) is 24.7. The fraction of sp³-hybridized carbons (Fsp3) is 0.654. The fourth-order valence-electron chi connectivity index (χ4n) is 5.68. The van der Waals surface area contributed by atoms with Crippen LogP contribution in [0.5, 0.6) is 0 Å². The molecule has 3 amide bonds. The number of anilines is 1. The van der Waals surface area contributed by atoms with Crippen molar-refractivity contribution in [1.29, 1.82) is 0 Å². The lowest BCUT2D eigenvalue weighted by molar-refractivity contribution is -0.143. The SMILES string of the molecule is O=C(Nc1ccc(S(=O)(=O)NC2CCCN(CC(=O)N3CCCC3CN3CCCC3)C2=O)cc1Cl)C1CC1. The molecular formula is C26H36ClN5O5S. The highest BCUT2D eigenvalue weighted by Crippen LogP contribution is 2.32. The number of hydrogen-bond donors (Lipinski definition) is 2. The predicted octanol–water partition coefficient (Wildman–Crippen LogP) is 2.04. The molecule has 1 aliphatic carbocycles. The number of sulfonamides is 1.